The normalized spacial score (nSPS) is 13.5. The van der Waals surface area contributed by atoms with E-state index in [-0.39, 0.29) is 0 Å². The minimum atomic E-state index is 0.486. The number of hydrogen-bond acceptors (Lipinski definition) is 4. The number of imidazole rings is 1. The highest BCUT2D eigenvalue weighted by molar-refractivity contribution is 9.10. The largest absolute Gasteiger partial charge is 0.486 e. The van der Waals surface area contributed by atoms with E-state index in [0.29, 0.717) is 25.7 Å². The molecule has 0 saturated carbocycles. The average Bonchev–Trinajstić information content (AvgIpc) is 2.82. The Balaban J connectivity index is 1.79. The van der Waals surface area contributed by atoms with Gasteiger partial charge in [-0.1, -0.05) is 28.1 Å². The van der Waals surface area contributed by atoms with Crippen molar-refractivity contribution in [3.05, 3.63) is 46.4 Å². The number of ether oxygens (including phenoxy) is 2. The molecule has 1 aliphatic rings. The van der Waals surface area contributed by atoms with E-state index in [0.717, 1.165) is 32.6 Å². The summed E-state index contributed by atoms with van der Waals surface area (Å²) in [5.41, 5.74) is 9.01. The summed E-state index contributed by atoms with van der Waals surface area (Å²) in [7, 11) is 0. The van der Waals surface area contributed by atoms with Crippen LogP contribution in [-0.4, -0.2) is 22.8 Å². The maximum Gasteiger partial charge on any atom is 0.201 e. The lowest BCUT2D eigenvalue weighted by Gasteiger charge is -2.18. The van der Waals surface area contributed by atoms with Gasteiger partial charge in [0.25, 0.3) is 0 Å². The molecule has 0 radical (unpaired) electrons. The lowest BCUT2D eigenvalue weighted by atomic mass is 10.2. The van der Waals surface area contributed by atoms with Crippen LogP contribution in [0, 0.1) is 0 Å². The van der Waals surface area contributed by atoms with E-state index in [4.69, 9.17) is 15.2 Å². The second-order valence-electron chi connectivity index (χ2n) is 5.17. The third kappa shape index (κ3) is 2.29. The summed E-state index contributed by atoms with van der Waals surface area (Å²) >= 11 is 3.44. The summed E-state index contributed by atoms with van der Waals surface area (Å²) in [6.45, 7) is 1.79. The van der Waals surface area contributed by atoms with Crippen LogP contribution in [0.3, 0.4) is 0 Å². The summed E-state index contributed by atoms with van der Waals surface area (Å²) < 4.78 is 14.3. The molecule has 1 aliphatic heterocycles. The van der Waals surface area contributed by atoms with Crippen LogP contribution in [0.25, 0.3) is 11.0 Å². The number of halogens is 1. The van der Waals surface area contributed by atoms with Crippen LogP contribution in [0.4, 0.5) is 5.95 Å². The van der Waals surface area contributed by atoms with Crippen molar-refractivity contribution >= 4 is 32.9 Å². The molecule has 5 nitrogen and oxygen atoms in total. The van der Waals surface area contributed by atoms with Crippen molar-refractivity contribution in [2.75, 3.05) is 18.9 Å². The van der Waals surface area contributed by atoms with E-state index in [1.807, 2.05) is 28.8 Å². The SMILES string of the molecule is Nc1nc2cc3c(cc2n1Cc1ccc(Br)cc1)OCCO3. The minimum Gasteiger partial charge on any atom is -0.486 e. The van der Waals surface area contributed by atoms with Crippen LogP contribution >= 0.6 is 15.9 Å². The first-order valence-electron chi connectivity index (χ1n) is 7.00. The van der Waals surface area contributed by atoms with Gasteiger partial charge in [0.1, 0.15) is 13.2 Å². The molecule has 2 N–H and O–H groups in total. The highest BCUT2D eigenvalue weighted by Crippen LogP contribution is 2.35. The lowest BCUT2D eigenvalue weighted by molar-refractivity contribution is 0.172. The fourth-order valence-corrected chi connectivity index (χ4v) is 2.88. The molecule has 22 heavy (non-hydrogen) atoms. The Morgan fingerprint density at radius 1 is 1.09 bits per heavy atom. The van der Waals surface area contributed by atoms with Crippen molar-refractivity contribution in [3.8, 4) is 11.5 Å². The highest BCUT2D eigenvalue weighted by Gasteiger charge is 2.17. The van der Waals surface area contributed by atoms with Crippen molar-refractivity contribution in [1.29, 1.82) is 0 Å². The smallest absolute Gasteiger partial charge is 0.201 e. The molecule has 112 valence electrons. The molecule has 0 saturated heterocycles. The Labute approximate surface area is 135 Å². The molecule has 3 aromatic rings. The second-order valence-corrected chi connectivity index (χ2v) is 6.08. The van der Waals surface area contributed by atoms with Gasteiger partial charge in [-0.25, -0.2) is 4.98 Å². The molecule has 0 bridgehead atoms. The predicted octanol–water partition coefficient (Wildman–Crippen LogP) is 3.20. The van der Waals surface area contributed by atoms with E-state index < -0.39 is 0 Å². The van der Waals surface area contributed by atoms with Gasteiger partial charge in [-0.05, 0) is 17.7 Å². The molecule has 0 atom stereocenters. The summed E-state index contributed by atoms with van der Waals surface area (Å²) in [5.74, 6) is 1.96. The monoisotopic (exact) mass is 359 g/mol. The minimum absolute atomic E-state index is 0.486. The van der Waals surface area contributed by atoms with Gasteiger partial charge >= 0.3 is 0 Å². The van der Waals surface area contributed by atoms with E-state index >= 15 is 0 Å². The van der Waals surface area contributed by atoms with Crippen LogP contribution in [-0.2, 0) is 6.54 Å². The Bertz CT molecular complexity index is 843. The number of hydrogen-bond donors (Lipinski definition) is 1. The molecule has 2 aromatic carbocycles. The zero-order valence-electron chi connectivity index (χ0n) is 11.8. The maximum absolute atomic E-state index is 6.09. The van der Waals surface area contributed by atoms with Crippen molar-refractivity contribution < 1.29 is 9.47 Å². The Kier molecular flexibility index (Phi) is 3.18. The fourth-order valence-electron chi connectivity index (χ4n) is 2.62. The Hall–Kier alpha value is -2.21. The Morgan fingerprint density at radius 3 is 2.50 bits per heavy atom. The van der Waals surface area contributed by atoms with Gasteiger partial charge in [0, 0.05) is 16.6 Å². The zero-order chi connectivity index (χ0) is 15.1. The van der Waals surface area contributed by atoms with Gasteiger partial charge < -0.3 is 19.8 Å². The van der Waals surface area contributed by atoms with Crippen LogP contribution < -0.4 is 15.2 Å². The highest BCUT2D eigenvalue weighted by atomic mass is 79.9. The molecule has 0 fully saturated rings. The number of nitrogens with two attached hydrogens (primary N) is 1. The topological polar surface area (TPSA) is 62.3 Å². The van der Waals surface area contributed by atoms with Crippen molar-refractivity contribution in [1.82, 2.24) is 9.55 Å². The van der Waals surface area contributed by atoms with Crippen LogP contribution in [0.5, 0.6) is 11.5 Å². The van der Waals surface area contributed by atoms with Gasteiger partial charge in [-0.3, -0.25) is 0 Å². The fraction of sp³-hybridized carbons (Fsp3) is 0.188. The van der Waals surface area contributed by atoms with Crippen LogP contribution in [0.1, 0.15) is 5.56 Å². The molecular formula is C16H14BrN3O2. The van der Waals surface area contributed by atoms with Crippen LogP contribution in [0.15, 0.2) is 40.9 Å². The lowest BCUT2D eigenvalue weighted by Crippen LogP contribution is -2.15. The quantitative estimate of drug-likeness (QED) is 0.763. The van der Waals surface area contributed by atoms with Crippen molar-refractivity contribution in [3.63, 3.8) is 0 Å². The molecule has 6 heteroatoms. The van der Waals surface area contributed by atoms with Crippen molar-refractivity contribution in [2.24, 2.45) is 0 Å². The molecule has 1 aromatic heterocycles. The van der Waals surface area contributed by atoms with E-state index in [1.54, 1.807) is 0 Å². The number of nitrogens with zero attached hydrogens (tertiary/aromatic N) is 2. The summed E-state index contributed by atoms with van der Waals surface area (Å²) in [5, 5.41) is 0. The third-order valence-corrected chi connectivity index (χ3v) is 4.22. The number of rotatable bonds is 2. The van der Waals surface area contributed by atoms with Gasteiger partial charge in [0.2, 0.25) is 5.95 Å². The molecule has 0 amide bonds. The summed E-state index contributed by atoms with van der Waals surface area (Å²) in [4.78, 5) is 4.43. The first kappa shape index (κ1) is 13.5. The second kappa shape index (κ2) is 5.21. The Morgan fingerprint density at radius 2 is 1.77 bits per heavy atom. The number of nitrogen functional groups attached to an aromatic ring is 1. The number of benzene rings is 2. The maximum atomic E-state index is 6.09. The molecular weight excluding hydrogens is 346 g/mol. The molecule has 4 rings (SSSR count). The molecule has 0 unspecified atom stereocenters. The molecule has 0 aliphatic carbocycles. The predicted molar refractivity (Wildman–Crippen MR) is 88.4 cm³/mol. The number of anilines is 1. The van der Waals surface area contributed by atoms with E-state index in [1.165, 1.54) is 0 Å². The third-order valence-electron chi connectivity index (χ3n) is 3.70. The standard InChI is InChI=1S/C16H14BrN3O2/c17-11-3-1-10(2-4-11)9-20-13-8-15-14(21-5-6-22-15)7-12(13)19-16(20)18/h1-4,7-8H,5-6,9H2,(H2,18,19). The summed E-state index contributed by atoms with van der Waals surface area (Å²) in [6, 6.07) is 12.0. The van der Waals surface area contributed by atoms with Gasteiger partial charge in [-0.15, -0.1) is 0 Å². The first-order chi connectivity index (χ1) is 10.7. The van der Waals surface area contributed by atoms with E-state index in [2.05, 4.69) is 33.0 Å². The first-order valence-corrected chi connectivity index (χ1v) is 7.80. The molecule has 0 spiro atoms. The van der Waals surface area contributed by atoms with E-state index in [9.17, 15) is 0 Å². The number of aromatic nitrogens is 2. The van der Waals surface area contributed by atoms with Gasteiger partial charge in [-0.2, -0.15) is 0 Å². The average molecular weight is 360 g/mol. The number of fused-ring (bicyclic) bond motifs is 2. The zero-order valence-corrected chi connectivity index (χ0v) is 13.3. The summed E-state index contributed by atoms with van der Waals surface area (Å²) in [6.07, 6.45) is 0. The van der Waals surface area contributed by atoms with Gasteiger partial charge in [0.15, 0.2) is 11.5 Å². The van der Waals surface area contributed by atoms with Crippen LogP contribution in [0.2, 0.25) is 0 Å². The van der Waals surface area contributed by atoms with Gasteiger partial charge in [0.05, 0.1) is 17.6 Å². The van der Waals surface area contributed by atoms with Crippen molar-refractivity contribution in [2.45, 2.75) is 6.54 Å². The molecule has 2 heterocycles.